The summed E-state index contributed by atoms with van der Waals surface area (Å²) in [6.45, 7) is 0. The summed E-state index contributed by atoms with van der Waals surface area (Å²) in [5.41, 5.74) is 0. The van der Waals surface area contributed by atoms with Crippen LogP contribution in [0, 0.1) is 0 Å². The van der Waals surface area contributed by atoms with Crippen molar-refractivity contribution >= 4 is 16.2 Å². The number of sulfone groups is 1. The molecule has 70 valence electrons. The quantitative estimate of drug-likeness (QED) is 0.703. The number of carbonyl (C=O) groups is 1. The fraction of sp³-hybridized carbons (Fsp3) is 0.125. The second-order valence-electron chi connectivity index (χ2n) is 2.39. The largest absolute Gasteiger partial charge is 0.344 e. The van der Waals surface area contributed by atoms with Crippen LogP contribution >= 0.6 is 0 Å². The maximum absolute atomic E-state index is 11.4. The summed E-state index contributed by atoms with van der Waals surface area (Å²) in [6, 6.07) is 7.97. The minimum atomic E-state index is -3.36. The van der Waals surface area contributed by atoms with Crippen molar-refractivity contribution in [1.82, 2.24) is 5.32 Å². The molecule has 0 spiro atoms. The number of benzene rings is 1. The van der Waals surface area contributed by atoms with Gasteiger partial charge in [0.25, 0.3) is 0 Å². The maximum atomic E-state index is 11.4. The standard InChI is InChI=1S/C8H9NO3S/c10-6-9-7-13(11,12)8-4-2-1-3-5-8/h1-6H,7H2,(H,9,10). The number of amides is 1. The molecule has 13 heavy (non-hydrogen) atoms. The van der Waals surface area contributed by atoms with Gasteiger partial charge in [0.2, 0.25) is 6.41 Å². The number of rotatable bonds is 4. The van der Waals surface area contributed by atoms with Gasteiger partial charge in [0, 0.05) is 0 Å². The Morgan fingerprint density at radius 3 is 2.38 bits per heavy atom. The molecular formula is C8H9NO3S. The lowest BCUT2D eigenvalue weighted by Gasteiger charge is -2.01. The molecule has 0 aromatic heterocycles. The van der Waals surface area contributed by atoms with Gasteiger partial charge in [0.05, 0.1) is 4.90 Å². The minimum Gasteiger partial charge on any atom is -0.344 e. The van der Waals surface area contributed by atoms with Crippen LogP contribution in [-0.2, 0) is 14.6 Å². The van der Waals surface area contributed by atoms with Crippen molar-refractivity contribution in [3.8, 4) is 0 Å². The monoisotopic (exact) mass is 199 g/mol. The van der Waals surface area contributed by atoms with Crippen molar-refractivity contribution in [2.45, 2.75) is 4.90 Å². The molecule has 0 aliphatic rings. The topological polar surface area (TPSA) is 63.2 Å². The molecule has 0 fully saturated rings. The Bertz CT molecular complexity index is 372. The first-order valence-corrected chi connectivity index (χ1v) is 5.27. The van der Waals surface area contributed by atoms with Crippen molar-refractivity contribution in [3.05, 3.63) is 30.3 Å². The second kappa shape index (κ2) is 4.04. The predicted octanol–water partition coefficient (Wildman–Crippen LogP) is 0.164. The Hall–Kier alpha value is -1.36. The van der Waals surface area contributed by atoms with E-state index in [0.29, 0.717) is 6.41 Å². The number of hydrogen-bond donors (Lipinski definition) is 1. The normalized spacial score (nSPS) is 10.8. The van der Waals surface area contributed by atoms with E-state index in [-0.39, 0.29) is 10.8 Å². The van der Waals surface area contributed by atoms with Crippen LogP contribution in [0.1, 0.15) is 0 Å². The van der Waals surface area contributed by atoms with Crippen molar-refractivity contribution < 1.29 is 13.2 Å². The fourth-order valence-electron chi connectivity index (χ4n) is 0.855. The first-order chi connectivity index (χ1) is 6.17. The average Bonchev–Trinajstić information content (AvgIpc) is 2.16. The van der Waals surface area contributed by atoms with Crippen LogP contribution in [0.3, 0.4) is 0 Å². The molecule has 0 saturated heterocycles. The summed E-state index contributed by atoms with van der Waals surface area (Å²) < 4.78 is 22.7. The molecule has 0 unspecified atom stereocenters. The first-order valence-electron chi connectivity index (χ1n) is 3.61. The Balaban J connectivity index is 2.88. The third-order valence-corrected chi connectivity index (χ3v) is 3.00. The number of hydrogen-bond acceptors (Lipinski definition) is 3. The third-order valence-electron chi connectivity index (χ3n) is 1.46. The van der Waals surface area contributed by atoms with Gasteiger partial charge in [-0.2, -0.15) is 0 Å². The molecule has 0 atom stereocenters. The zero-order chi connectivity index (χ0) is 9.73. The Kier molecular flexibility index (Phi) is 3.02. The molecule has 0 aliphatic heterocycles. The van der Waals surface area contributed by atoms with Gasteiger partial charge in [-0.1, -0.05) is 18.2 Å². The highest BCUT2D eigenvalue weighted by Gasteiger charge is 2.11. The fourth-order valence-corrected chi connectivity index (χ4v) is 1.88. The van der Waals surface area contributed by atoms with E-state index in [4.69, 9.17) is 0 Å². The van der Waals surface area contributed by atoms with Crippen molar-refractivity contribution in [1.29, 1.82) is 0 Å². The summed E-state index contributed by atoms with van der Waals surface area (Å²) in [5.74, 6) is -0.361. The highest BCUT2D eigenvalue weighted by atomic mass is 32.2. The molecule has 1 rings (SSSR count). The lowest BCUT2D eigenvalue weighted by Crippen LogP contribution is -2.21. The van der Waals surface area contributed by atoms with Crippen LogP contribution in [0.25, 0.3) is 0 Å². The van der Waals surface area contributed by atoms with Gasteiger partial charge in [0.1, 0.15) is 5.88 Å². The summed E-state index contributed by atoms with van der Waals surface area (Å²) in [6.07, 6.45) is 0.362. The van der Waals surface area contributed by atoms with Gasteiger partial charge < -0.3 is 5.32 Å². The molecule has 5 heteroatoms. The van der Waals surface area contributed by atoms with Crippen LogP contribution in [0.15, 0.2) is 35.2 Å². The van der Waals surface area contributed by atoms with E-state index in [1.807, 2.05) is 0 Å². The SMILES string of the molecule is O=CNCS(=O)(=O)c1ccccc1. The molecule has 0 radical (unpaired) electrons. The van der Waals surface area contributed by atoms with Crippen molar-refractivity contribution in [2.24, 2.45) is 0 Å². The van der Waals surface area contributed by atoms with E-state index in [0.717, 1.165) is 0 Å². The average molecular weight is 199 g/mol. The molecular weight excluding hydrogens is 190 g/mol. The smallest absolute Gasteiger partial charge is 0.207 e. The van der Waals surface area contributed by atoms with E-state index in [1.165, 1.54) is 12.1 Å². The van der Waals surface area contributed by atoms with Crippen LogP contribution < -0.4 is 5.32 Å². The van der Waals surface area contributed by atoms with Gasteiger partial charge in [-0.25, -0.2) is 8.42 Å². The number of nitrogens with one attached hydrogen (secondary N) is 1. The lowest BCUT2D eigenvalue weighted by atomic mass is 10.4. The van der Waals surface area contributed by atoms with E-state index >= 15 is 0 Å². The zero-order valence-corrected chi connectivity index (χ0v) is 7.62. The van der Waals surface area contributed by atoms with E-state index in [2.05, 4.69) is 5.32 Å². The van der Waals surface area contributed by atoms with Gasteiger partial charge in [-0.05, 0) is 12.1 Å². The highest BCUT2D eigenvalue weighted by molar-refractivity contribution is 7.91. The molecule has 1 N–H and O–H groups in total. The van der Waals surface area contributed by atoms with Gasteiger partial charge in [-0.15, -0.1) is 0 Å². The maximum Gasteiger partial charge on any atom is 0.207 e. The van der Waals surface area contributed by atoms with E-state index in [9.17, 15) is 13.2 Å². The second-order valence-corrected chi connectivity index (χ2v) is 4.38. The van der Waals surface area contributed by atoms with Crippen LogP contribution in [0.2, 0.25) is 0 Å². The van der Waals surface area contributed by atoms with Gasteiger partial charge >= 0.3 is 0 Å². The molecule has 0 saturated carbocycles. The minimum absolute atomic E-state index is 0.212. The van der Waals surface area contributed by atoms with Crippen molar-refractivity contribution in [2.75, 3.05) is 5.88 Å². The summed E-state index contributed by atoms with van der Waals surface area (Å²) in [4.78, 5) is 10.1. The predicted molar refractivity (Wildman–Crippen MR) is 47.7 cm³/mol. The summed E-state index contributed by atoms with van der Waals surface area (Å²) >= 11 is 0. The highest BCUT2D eigenvalue weighted by Crippen LogP contribution is 2.07. The van der Waals surface area contributed by atoms with E-state index in [1.54, 1.807) is 18.2 Å². The Morgan fingerprint density at radius 1 is 1.23 bits per heavy atom. The number of carbonyl (C=O) groups excluding carboxylic acids is 1. The van der Waals surface area contributed by atoms with Crippen LogP contribution in [0.5, 0.6) is 0 Å². The lowest BCUT2D eigenvalue weighted by molar-refractivity contribution is -0.109. The van der Waals surface area contributed by atoms with Crippen LogP contribution in [-0.4, -0.2) is 20.7 Å². The molecule has 0 heterocycles. The molecule has 1 amide bonds. The summed E-state index contributed by atoms with van der Waals surface area (Å²) in [5, 5.41) is 2.12. The van der Waals surface area contributed by atoms with E-state index < -0.39 is 9.84 Å². The summed E-state index contributed by atoms with van der Waals surface area (Å²) in [7, 11) is -3.36. The van der Waals surface area contributed by atoms with Gasteiger partial charge in [0.15, 0.2) is 9.84 Å². The van der Waals surface area contributed by atoms with Crippen molar-refractivity contribution in [3.63, 3.8) is 0 Å². The Morgan fingerprint density at radius 2 is 1.85 bits per heavy atom. The molecule has 0 aliphatic carbocycles. The zero-order valence-electron chi connectivity index (χ0n) is 6.80. The molecule has 0 bridgehead atoms. The first kappa shape index (κ1) is 9.73. The molecule has 1 aromatic carbocycles. The third kappa shape index (κ3) is 2.55. The van der Waals surface area contributed by atoms with Gasteiger partial charge in [-0.3, -0.25) is 4.79 Å². The molecule has 4 nitrogen and oxygen atoms in total. The molecule has 1 aromatic rings. The van der Waals surface area contributed by atoms with Crippen LogP contribution in [0.4, 0.5) is 0 Å². The Labute approximate surface area is 76.5 Å².